The second-order valence-corrected chi connectivity index (χ2v) is 4.19. The van der Waals surface area contributed by atoms with Gasteiger partial charge in [0, 0.05) is 25.5 Å². The minimum atomic E-state index is -0.0204. The Morgan fingerprint density at radius 2 is 2.00 bits per heavy atom. The Morgan fingerprint density at radius 1 is 1.38 bits per heavy atom. The molecule has 3 N–H and O–H groups in total. The fourth-order valence-electron chi connectivity index (χ4n) is 2.24. The van der Waals surface area contributed by atoms with Gasteiger partial charge in [-0.3, -0.25) is 5.41 Å². The first-order chi connectivity index (χ1) is 7.70. The monoisotopic (exact) mass is 219 g/mol. The summed E-state index contributed by atoms with van der Waals surface area (Å²) in [5.41, 5.74) is 5.99. The molecule has 1 saturated carbocycles. The maximum Gasteiger partial charge on any atom is 0.158 e. The van der Waals surface area contributed by atoms with Gasteiger partial charge >= 0.3 is 0 Å². The van der Waals surface area contributed by atoms with Gasteiger partial charge in [-0.15, -0.1) is 0 Å². The lowest BCUT2D eigenvalue weighted by Crippen LogP contribution is -2.32. The Balaban J connectivity index is 2.27. The van der Waals surface area contributed by atoms with Crippen molar-refractivity contribution in [1.29, 1.82) is 5.41 Å². The van der Waals surface area contributed by atoms with Crippen LogP contribution in [0.1, 0.15) is 31.4 Å². The summed E-state index contributed by atoms with van der Waals surface area (Å²) in [6, 6.07) is 0.509. The number of amidine groups is 1. The van der Waals surface area contributed by atoms with E-state index in [1.54, 1.807) is 12.4 Å². The van der Waals surface area contributed by atoms with Crippen LogP contribution in [-0.4, -0.2) is 28.9 Å². The zero-order valence-electron chi connectivity index (χ0n) is 9.48. The molecule has 1 aromatic rings. The summed E-state index contributed by atoms with van der Waals surface area (Å²) >= 11 is 0. The lowest BCUT2D eigenvalue weighted by molar-refractivity contribution is 0.644. The Morgan fingerprint density at radius 3 is 2.62 bits per heavy atom. The van der Waals surface area contributed by atoms with Gasteiger partial charge in [-0.25, -0.2) is 9.97 Å². The number of hydrogen-bond donors (Lipinski definition) is 2. The average molecular weight is 219 g/mol. The molecule has 0 saturated heterocycles. The maximum atomic E-state index is 7.49. The lowest BCUT2D eigenvalue weighted by atomic mass is 10.2. The van der Waals surface area contributed by atoms with Gasteiger partial charge in [0.25, 0.3) is 0 Å². The topological polar surface area (TPSA) is 78.9 Å². The van der Waals surface area contributed by atoms with Gasteiger partial charge in [0.15, 0.2) is 5.82 Å². The molecule has 1 aliphatic rings. The first-order valence-electron chi connectivity index (χ1n) is 5.58. The Hall–Kier alpha value is -1.65. The van der Waals surface area contributed by atoms with Crippen LogP contribution in [0.3, 0.4) is 0 Å². The lowest BCUT2D eigenvalue weighted by Gasteiger charge is -2.26. The van der Waals surface area contributed by atoms with Crippen molar-refractivity contribution < 1.29 is 0 Å². The molecule has 0 unspecified atom stereocenters. The molecule has 1 aromatic heterocycles. The molecule has 2 rings (SSSR count). The summed E-state index contributed by atoms with van der Waals surface area (Å²) in [6.07, 6.45) is 8.13. The van der Waals surface area contributed by atoms with Crippen molar-refractivity contribution in [3.63, 3.8) is 0 Å². The van der Waals surface area contributed by atoms with Crippen LogP contribution in [0.2, 0.25) is 0 Å². The molecule has 16 heavy (non-hydrogen) atoms. The van der Waals surface area contributed by atoms with E-state index in [9.17, 15) is 0 Å². The molecule has 0 aromatic carbocycles. The average Bonchev–Trinajstić information content (AvgIpc) is 2.81. The van der Waals surface area contributed by atoms with Crippen LogP contribution < -0.4 is 10.6 Å². The van der Waals surface area contributed by atoms with Gasteiger partial charge in [-0.2, -0.15) is 0 Å². The summed E-state index contributed by atoms with van der Waals surface area (Å²) < 4.78 is 0. The van der Waals surface area contributed by atoms with Crippen molar-refractivity contribution in [2.75, 3.05) is 11.9 Å². The molecular formula is C11H17N5. The molecule has 5 nitrogen and oxygen atoms in total. The summed E-state index contributed by atoms with van der Waals surface area (Å²) in [5, 5.41) is 7.49. The van der Waals surface area contributed by atoms with E-state index in [2.05, 4.69) is 14.9 Å². The van der Waals surface area contributed by atoms with Crippen molar-refractivity contribution in [3.05, 3.63) is 18.1 Å². The summed E-state index contributed by atoms with van der Waals surface area (Å²) in [4.78, 5) is 10.5. The molecular weight excluding hydrogens is 202 g/mol. The molecule has 0 spiro atoms. The van der Waals surface area contributed by atoms with Crippen LogP contribution in [-0.2, 0) is 0 Å². The highest BCUT2D eigenvalue weighted by Crippen LogP contribution is 2.26. The van der Waals surface area contributed by atoms with E-state index in [0.717, 1.165) is 5.82 Å². The molecule has 1 heterocycles. The fraction of sp³-hybridized carbons (Fsp3) is 0.545. The van der Waals surface area contributed by atoms with E-state index in [1.807, 2.05) is 7.05 Å². The quantitative estimate of drug-likeness (QED) is 0.590. The van der Waals surface area contributed by atoms with Crippen molar-refractivity contribution in [2.45, 2.75) is 31.7 Å². The van der Waals surface area contributed by atoms with Crippen LogP contribution in [0.5, 0.6) is 0 Å². The number of nitrogens with one attached hydrogen (secondary N) is 1. The van der Waals surface area contributed by atoms with Gasteiger partial charge in [0.05, 0.1) is 0 Å². The number of nitrogens with two attached hydrogens (primary N) is 1. The van der Waals surface area contributed by atoms with Crippen molar-refractivity contribution in [2.24, 2.45) is 5.73 Å². The zero-order chi connectivity index (χ0) is 11.5. The predicted octanol–water partition coefficient (Wildman–Crippen LogP) is 1.14. The number of nitrogens with zero attached hydrogens (tertiary/aromatic N) is 3. The van der Waals surface area contributed by atoms with Crippen LogP contribution in [0.25, 0.3) is 0 Å². The van der Waals surface area contributed by atoms with Gasteiger partial charge in [-0.05, 0) is 12.8 Å². The zero-order valence-corrected chi connectivity index (χ0v) is 9.48. The van der Waals surface area contributed by atoms with Crippen molar-refractivity contribution in [3.8, 4) is 0 Å². The standard InChI is InChI=1S/C11H17N5/c1-16(8-4-2-3-5-8)11-9(10(12)13)14-6-7-15-11/h6-8H,2-5H2,1H3,(H3,12,13). The molecule has 5 heteroatoms. The second kappa shape index (κ2) is 4.47. The Bertz CT molecular complexity index is 384. The second-order valence-electron chi connectivity index (χ2n) is 4.19. The van der Waals surface area contributed by atoms with Gasteiger partial charge in [0.1, 0.15) is 11.5 Å². The summed E-state index contributed by atoms with van der Waals surface area (Å²) in [5.74, 6) is 0.704. The third kappa shape index (κ3) is 1.98. The molecule has 0 aliphatic heterocycles. The van der Waals surface area contributed by atoms with Crippen LogP contribution in [0, 0.1) is 5.41 Å². The number of anilines is 1. The highest BCUT2D eigenvalue weighted by Gasteiger charge is 2.23. The highest BCUT2D eigenvalue weighted by atomic mass is 15.2. The van der Waals surface area contributed by atoms with Gasteiger partial charge in [0.2, 0.25) is 0 Å². The van der Waals surface area contributed by atoms with Crippen molar-refractivity contribution >= 4 is 11.7 Å². The summed E-state index contributed by atoms with van der Waals surface area (Å²) in [6.45, 7) is 0. The van der Waals surface area contributed by atoms with Gasteiger partial charge in [-0.1, -0.05) is 12.8 Å². The first-order valence-corrected chi connectivity index (χ1v) is 5.58. The number of hydrogen-bond acceptors (Lipinski definition) is 4. The first kappa shape index (κ1) is 10.9. The van der Waals surface area contributed by atoms with Crippen LogP contribution in [0.4, 0.5) is 5.82 Å². The third-order valence-corrected chi connectivity index (χ3v) is 3.14. The van der Waals surface area contributed by atoms with E-state index in [0.29, 0.717) is 11.7 Å². The molecule has 0 bridgehead atoms. The molecule has 0 amide bonds. The number of nitrogen functional groups attached to an aromatic ring is 1. The molecule has 86 valence electrons. The fourth-order valence-corrected chi connectivity index (χ4v) is 2.24. The number of rotatable bonds is 3. The largest absolute Gasteiger partial charge is 0.382 e. The molecule has 0 atom stereocenters. The van der Waals surface area contributed by atoms with E-state index in [-0.39, 0.29) is 5.84 Å². The number of aromatic nitrogens is 2. The van der Waals surface area contributed by atoms with E-state index >= 15 is 0 Å². The summed E-state index contributed by atoms with van der Waals surface area (Å²) in [7, 11) is 2.01. The Kier molecular flexibility index (Phi) is 3.03. The van der Waals surface area contributed by atoms with E-state index < -0.39 is 0 Å². The van der Waals surface area contributed by atoms with Crippen LogP contribution in [0.15, 0.2) is 12.4 Å². The SMILES string of the molecule is CN(c1nccnc1C(=N)N)C1CCCC1. The smallest absolute Gasteiger partial charge is 0.158 e. The molecule has 1 aliphatic carbocycles. The normalized spacial score (nSPS) is 16.3. The van der Waals surface area contributed by atoms with Crippen LogP contribution >= 0.6 is 0 Å². The minimum absolute atomic E-state index is 0.0204. The molecule has 1 fully saturated rings. The third-order valence-electron chi connectivity index (χ3n) is 3.14. The van der Waals surface area contributed by atoms with E-state index in [4.69, 9.17) is 11.1 Å². The highest BCUT2D eigenvalue weighted by molar-refractivity contribution is 5.97. The van der Waals surface area contributed by atoms with Crippen molar-refractivity contribution in [1.82, 2.24) is 9.97 Å². The predicted molar refractivity (Wildman–Crippen MR) is 63.7 cm³/mol. The van der Waals surface area contributed by atoms with Gasteiger partial charge < -0.3 is 10.6 Å². The molecule has 0 radical (unpaired) electrons. The minimum Gasteiger partial charge on any atom is -0.382 e. The van der Waals surface area contributed by atoms with E-state index in [1.165, 1.54) is 25.7 Å². The Labute approximate surface area is 95.2 Å². The maximum absolute atomic E-state index is 7.49.